The van der Waals surface area contributed by atoms with Crippen molar-refractivity contribution >= 4 is 18.0 Å². The van der Waals surface area contributed by atoms with Crippen LogP contribution >= 0.6 is 11.8 Å². The monoisotopic (exact) mass is 127 g/mol. The molecule has 2 heteroatoms. The highest BCUT2D eigenvalue weighted by atomic mass is 32.2. The second kappa shape index (κ2) is 6.50. The lowest BCUT2D eigenvalue weighted by molar-refractivity contribution is 1.60. The average Bonchev–Trinajstić information content (AvgIpc) is 1.81. The molecule has 0 fully saturated rings. The van der Waals surface area contributed by atoms with Crippen LogP contribution in [0.2, 0.25) is 0 Å². The minimum absolute atomic E-state index is 1.52. The molecule has 0 aromatic carbocycles. The summed E-state index contributed by atoms with van der Waals surface area (Å²) in [6, 6.07) is 0. The molecule has 0 heterocycles. The lowest BCUT2D eigenvalue weighted by Gasteiger charge is -1.73. The topological polar surface area (TPSA) is 12.4 Å². The summed E-state index contributed by atoms with van der Waals surface area (Å²) in [6.45, 7) is 5.40. The molecule has 0 atom stereocenters. The first kappa shape index (κ1) is 7.50. The fourth-order valence-electron chi connectivity index (χ4n) is 0.212. The van der Waals surface area contributed by atoms with Crippen LogP contribution in [0.4, 0.5) is 0 Å². The van der Waals surface area contributed by atoms with Gasteiger partial charge in [0, 0.05) is 12.4 Å². The maximum atomic E-state index is 3.84. The van der Waals surface area contributed by atoms with Gasteiger partial charge in [0.25, 0.3) is 0 Å². The van der Waals surface area contributed by atoms with Crippen LogP contribution in [-0.4, -0.2) is 6.21 Å². The molecular weight excluding hydrogens is 118 g/mol. The summed E-state index contributed by atoms with van der Waals surface area (Å²) in [7, 11) is 0. The zero-order valence-electron chi connectivity index (χ0n) is 4.87. The summed E-state index contributed by atoms with van der Waals surface area (Å²) in [5.41, 5.74) is 0. The Kier molecular flexibility index (Phi) is 6.09. The largest absolute Gasteiger partial charge is 0.269 e. The van der Waals surface area contributed by atoms with Gasteiger partial charge in [0.05, 0.1) is 0 Å². The highest BCUT2D eigenvalue weighted by Gasteiger charge is 1.61. The lowest BCUT2D eigenvalue weighted by atomic mass is 10.9. The van der Waals surface area contributed by atoms with Gasteiger partial charge in [-0.25, -0.2) is 0 Å². The average molecular weight is 127 g/mol. The van der Waals surface area contributed by atoms with Crippen LogP contribution in [0.15, 0.2) is 28.6 Å². The maximum absolute atomic E-state index is 3.84. The summed E-state index contributed by atoms with van der Waals surface area (Å²) >= 11 is 1.52. The smallest absolute Gasteiger partial charge is 0.0330 e. The molecule has 0 spiro atoms. The number of hydrogen-bond acceptors (Lipinski definition) is 2. The number of aliphatic imine (C=N–C) groups is 1. The maximum Gasteiger partial charge on any atom is 0.0330 e. The second-order valence-electron chi connectivity index (χ2n) is 0.995. The molecule has 0 aliphatic carbocycles. The Morgan fingerprint density at radius 1 is 1.62 bits per heavy atom. The van der Waals surface area contributed by atoms with Crippen molar-refractivity contribution in [1.29, 1.82) is 0 Å². The molecule has 44 valence electrons. The molecular formula is C6H9NS. The quantitative estimate of drug-likeness (QED) is 0.530. The molecule has 8 heavy (non-hydrogen) atoms. The lowest BCUT2D eigenvalue weighted by Crippen LogP contribution is -1.50. The van der Waals surface area contributed by atoms with E-state index in [0.717, 1.165) is 0 Å². The van der Waals surface area contributed by atoms with E-state index in [2.05, 4.69) is 11.6 Å². The van der Waals surface area contributed by atoms with E-state index < -0.39 is 0 Å². The first-order valence-corrected chi connectivity index (χ1v) is 3.25. The van der Waals surface area contributed by atoms with Gasteiger partial charge in [-0.05, 0) is 17.7 Å². The van der Waals surface area contributed by atoms with Crippen LogP contribution < -0.4 is 0 Å². The van der Waals surface area contributed by atoms with Crippen molar-refractivity contribution in [2.75, 3.05) is 0 Å². The summed E-state index contributed by atoms with van der Waals surface area (Å²) in [5.74, 6) is 0. The van der Waals surface area contributed by atoms with Crippen LogP contribution in [0.25, 0.3) is 0 Å². The highest BCUT2D eigenvalue weighted by molar-refractivity contribution is 8.04. The molecule has 0 aliphatic heterocycles. The number of nitrogens with zero attached hydrogens (tertiary/aromatic N) is 1. The van der Waals surface area contributed by atoms with Gasteiger partial charge >= 0.3 is 0 Å². The van der Waals surface area contributed by atoms with Gasteiger partial charge in [-0.15, -0.1) is 11.8 Å². The van der Waals surface area contributed by atoms with Crippen LogP contribution in [0, 0.1) is 0 Å². The normalized spacial score (nSPS) is 11.1. The van der Waals surface area contributed by atoms with Gasteiger partial charge < -0.3 is 0 Å². The number of thioether (sulfide) groups is 1. The summed E-state index contributed by atoms with van der Waals surface area (Å²) < 4.78 is 0. The van der Waals surface area contributed by atoms with Gasteiger partial charge in [-0.1, -0.05) is 6.58 Å². The first-order valence-electron chi connectivity index (χ1n) is 2.31. The van der Waals surface area contributed by atoms with Crippen molar-refractivity contribution in [1.82, 2.24) is 0 Å². The molecule has 0 aromatic heterocycles. The fraction of sp³-hybridized carbons (Fsp3) is 0.167. The molecule has 1 nitrogen and oxygen atoms in total. The van der Waals surface area contributed by atoms with E-state index in [4.69, 9.17) is 0 Å². The molecule has 0 aromatic rings. The predicted molar refractivity (Wildman–Crippen MR) is 41.1 cm³/mol. The minimum Gasteiger partial charge on any atom is -0.269 e. The summed E-state index contributed by atoms with van der Waals surface area (Å²) in [6.07, 6.45) is 3.46. The van der Waals surface area contributed by atoms with Crippen molar-refractivity contribution in [2.45, 2.75) is 6.92 Å². The van der Waals surface area contributed by atoms with E-state index in [-0.39, 0.29) is 0 Å². The SMILES string of the molecule is C=CS/C=C\N=CC. The fourth-order valence-corrected chi connectivity index (χ4v) is 0.464. The van der Waals surface area contributed by atoms with E-state index >= 15 is 0 Å². The Hall–Kier alpha value is -0.500. The summed E-state index contributed by atoms with van der Waals surface area (Å²) in [5, 5.41) is 3.62. The third kappa shape index (κ3) is 5.50. The zero-order chi connectivity index (χ0) is 6.24. The molecule has 0 radical (unpaired) electrons. The van der Waals surface area contributed by atoms with Crippen molar-refractivity contribution in [3.05, 3.63) is 23.6 Å². The van der Waals surface area contributed by atoms with Gasteiger partial charge in [0.1, 0.15) is 0 Å². The van der Waals surface area contributed by atoms with Gasteiger partial charge in [0.15, 0.2) is 0 Å². The molecule has 0 unspecified atom stereocenters. The molecule has 0 bridgehead atoms. The van der Waals surface area contributed by atoms with Crippen molar-refractivity contribution in [2.24, 2.45) is 4.99 Å². The van der Waals surface area contributed by atoms with Crippen LogP contribution in [-0.2, 0) is 0 Å². The third-order valence-corrected chi connectivity index (χ3v) is 0.942. The van der Waals surface area contributed by atoms with E-state index in [1.165, 1.54) is 11.8 Å². The predicted octanol–water partition coefficient (Wildman–Crippen LogP) is 2.43. The van der Waals surface area contributed by atoms with Crippen molar-refractivity contribution in [3.63, 3.8) is 0 Å². The van der Waals surface area contributed by atoms with E-state index in [0.29, 0.717) is 0 Å². The molecule has 0 rings (SSSR count). The Bertz CT molecular complexity index is 105. The van der Waals surface area contributed by atoms with Gasteiger partial charge in [0.2, 0.25) is 0 Å². The van der Waals surface area contributed by atoms with E-state index in [1.807, 2.05) is 12.3 Å². The van der Waals surface area contributed by atoms with E-state index in [1.54, 1.807) is 17.8 Å². The second-order valence-corrected chi connectivity index (χ2v) is 1.87. The van der Waals surface area contributed by atoms with Crippen LogP contribution in [0.3, 0.4) is 0 Å². The molecule has 0 aliphatic rings. The Morgan fingerprint density at radius 2 is 2.38 bits per heavy atom. The number of hydrogen-bond donors (Lipinski definition) is 0. The van der Waals surface area contributed by atoms with Crippen molar-refractivity contribution < 1.29 is 0 Å². The molecule has 0 saturated heterocycles. The first-order chi connectivity index (χ1) is 3.91. The third-order valence-electron chi connectivity index (χ3n) is 0.471. The Morgan fingerprint density at radius 3 is 2.88 bits per heavy atom. The Labute approximate surface area is 54.2 Å². The molecule has 0 N–H and O–H groups in total. The van der Waals surface area contributed by atoms with E-state index in [9.17, 15) is 0 Å². The van der Waals surface area contributed by atoms with Crippen LogP contribution in [0.5, 0.6) is 0 Å². The van der Waals surface area contributed by atoms with Crippen LogP contribution in [0.1, 0.15) is 6.92 Å². The molecule has 0 saturated carbocycles. The zero-order valence-corrected chi connectivity index (χ0v) is 5.69. The standard InChI is InChI=1S/C6H9NS/c1-3-7-5-6-8-4-2/h3-6H,2H2,1H3/b6-5-,7-3?. The van der Waals surface area contributed by atoms with Gasteiger partial charge in [-0.3, -0.25) is 4.99 Å². The van der Waals surface area contributed by atoms with Gasteiger partial charge in [-0.2, -0.15) is 0 Å². The Balaban J connectivity index is 3.19. The minimum atomic E-state index is 1.52. The van der Waals surface area contributed by atoms with Crippen molar-refractivity contribution in [3.8, 4) is 0 Å². The summed E-state index contributed by atoms with van der Waals surface area (Å²) in [4.78, 5) is 3.84. The highest BCUT2D eigenvalue weighted by Crippen LogP contribution is 2.00. The number of rotatable bonds is 3. The molecule has 0 amide bonds.